The van der Waals surface area contributed by atoms with E-state index in [-0.39, 0.29) is 18.0 Å². The lowest BCUT2D eigenvalue weighted by molar-refractivity contribution is -0.145. The quantitative estimate of drug-likeness (QED) is 0.489. The molecule has 8 heteroatoms. The molecule has 2 aromatic rings. The van der Waals surface area contributed by atoms with E-state index >= 15 is 0 Å². The Bertz CT molecular complexity index is 1000. The van der Waals surface area contributed by atoms with Gasteiger partial charge in [-0.05, 0) is 61.6 Å². The number of nitrogens with one attached hydrogen (secondary N) is 1. The van der Waals surface area contributed by atoms with Crippen molar-refractivity contribution < 1.29 is 23.8 Å². The maximum atomic E-state index is 12.5. The van der Waals surface area contributed by atoms with Gasteiger partial charge in [0.25, 0.3) is 5.91 Å². The zero-order valence-corrected chi connectivity index (χ0v) is 20.8. The van der Waals surface area contributed by atoms with Gasteiger partial charge in [-0.25, -0.2) is 0 Å². The molecule has 8 nitrogen and oxygen atoms in total. The minimum Gasteiger partial charge on any atom is -0.493 e. The summed E-state index contributed by atoms with van der Waals surface area (Å²) in [7, 11) is 0. The highest BCUT2D eigenvalue weighted by Crippen LogP contribution is 2.26. The fraction of sp³-hybridized carbons (Fsp3) is 0.444. The second-order valence-corrected chi connectivity index (χ2v) is 8.49. The van der Waals surface area contributed by atoms with Crippen molar-refractivity contribution >= 4 is 23.8 Å². The van der Waals surface area contributed by atoms with Gasteiger partial charge in [-0.1, -0.05) is 25.1 Å². The molecule has 2 heterocycles. The molecule has 0 bridgehead atoms. The highest BCUT2D eigenvalue weighted by Gasteiger charge is 2.14. The minimum atomic E-state index is -0.195. The Kier molecular flexibility index (Phi) is 10.1. The fourth-order valence-electron chi connectivity index (χ4n) is 3.52. The Morgan fingerprint density at radius 1 is 1.14 bits per heavy atom. The van der Waals surface area contributed by atoms with Gasteiger partial charge in [-0.15, -0.1) is 0 Å². The Morgan fingerprint density at radius 2 is 1.89 bits per heavy atom. The number of carbonyl (C=O) groups excluding carboxylic acids is 2. The van der Waals surface area contributed by atoms with Crippen molar-refractivity contribution in [2.24, 2.45) is 5.10 Å². The van der Waals surface area contributed by atoms with Crippen LogP contribution in [0.15, 0.2) is 47.6 Å². The summed E-state index contributed by atoms with van der Waals surface area (Å²) in [6.45, 7) is 9.06. The summed E-state index contributed by atoms with van der Waals surface area (Å²) in [5.74, 6) is 0.490. The van der Waals surface area contributed by atoms with Gasteiger partial charge in [0.1, 0.15) is 5.75 Å². The number of hydrazone groups is 1. The Balaban J connectivity index is 0.000000371. The predicted molar refractivity (Wildman–Crippen MR) is 136 cm³/mol. The summed E-state index contributed by atoms with van der Waals surface area (Å²) < 4.78 is 15.7. The SMILES string of the molecule is CCC(C)OC(C)=O.O=C(Nc1ccc(C=NN2CCOCC2)cc1)c1ccc2c(c1)OCCC2. The molecule has 0 aliphatic carbocycles. The third kappa shape index (κ3) is 8.72. The smallest absolute Gasteiger partial charge is 0.302 e. The standard InChI is InChI=1S/C21H23N3O3.C6H12O2/c25-21(18-6-5-17-2-1-11-27-20(17)14-18)23-19-7-3-16(4-8-19)15-22-24-9-12-26-13-10-24;1-4-5(2)8-6(3)7/h3-8,14-15H,1-2,9-13H2,(H,23,25);5H,4H2,1-3H3. The lowest BCUT2D eigenvalue weighted by atomic mass is 10.0. The van der Waals surface area contributed by atoms with Gasteiger partial charge in [0.2, 0.25) is 0 Å². The molecule has 2 aliphatic heterocycles. The summed E-state index contributed by atoms with van der Waals surface area (Å²) in [6.07, 6.45) is 4.83. The molecular formula is C27H35N3O5. The Labute approximate surface area is 207 Å². The molecule has 1 saturated heterocycles. The van der Waals surface area contributed by atoms with E-state index in [0.717, 1.165) is 62.6 Å². The van der Waals surface area contributed by atoms with Crippen LogP contribution in [-0.4, -0.2) is 62.1 Å². The summed E-state index contributed by atoms with van der Waals surface area (Å²) in [6, 6.07) is 13.3. The molecule has 0 spiro atoms. The third-order valence-corrected chi connectivity index (χ3v) is 5.65. The van der Waals surface area contributed by atoms with Crippen LogP contribution >= 0.6 is 0 Å². The first-order chi connectivity index (χ1) is 16.9. The number of esters is 1. The first-order valence-electron chi connectivity index (χ1n) is 12.2. The summed E-state index contributed by atoms with van der Waals surface area (Å²) >= 11 is 0. The summed E-state index contributed by atoms with van der Waals surface area (Å²) in [5.41, 5.74) is 3.51. The molecule has 2 aliphatic rings. The van der Waals surface area contributed by atoms with Gasteiger partial charge in [0.05, 0.1) is 45.2 Å². The number of rotatable bonds is 6. The second-order valence-electron chi connectivity index (χ2n) is 8.49. The van der Waals surface area contributed by atoms with Crippen LogP contribution in [0, 0.1) is 0 Å². The number of ether oxygens (including phenoxy) is 3. The maximum absolute atomic E-state index is 12.5. The number of hydrogen-bond acceptors (Lipinski definition) is 7. The van der Waals surface area contributed by atoms with E-state index in [2.05, 4.69) is 10.4 Å². The number of amides is 1. The molecule has 0 radical (unpaired) electrons. The van der Waals surface area contributed by atoms with E-state index in [1.807, 2.05) is 67.5 Å². The summed E-state index contributed by atoms with van der Waals surface area (Å²) in [4.78, 5) is 22.7. The lowest BCUT2D eigenvalue weighted by Gasteiger charge is -2.23. The molecule has 0 aromatic heterocycles. The number of carbonyl (C=O) groups is 2. The van der Waals surface area contributed by atoms with Crippen LogP contribution in [0.25, 0.3) is 0 Å². The Morgan fingerprint density at radius 3 is 2.54 bits per heavy atom. The normalized spacial score (nSPS) is 15.8. The van der Waals surface area contributed by atoms with Gasteiger partial charge in [-0.3, -0.25) is 14.6 Å². The number of morpholine rings is 1. The lowest BCUT2D eigenvalue weighted by Crippen LogP contribution is -2.32. The van der Waals surface area contributed by atoms with Crippen molar-refractivity contribution in [1.82, 2.24) is 5.01 Å². The number of anilines is 1. The van der Waals surface area contributed by atoms with Gasteiger partial charge >= 0.3 is 5.97 Å². The second kappa shape index (κ2) is 13.5. The molecule has 1 N–H and O–H groups in total. The van der Waals surface area contributed by atoms with Gasteiger partial charge in [0.15, 0.2) is 0 Å². The van der Waals surface area contributed by atoms with Gasteiger partial charge < -0.3 is 19.5 Å². The van der Waals surface area contributed by atoms with Crippen LogP contribution < -0.4 is 10.1 Å². The van der Waals surface area contributed by atoms with E-state index in [4.69, 9.17) is 14.2 Å². The van der Waals surface area contributed by atoms with Crippen molar-refractivity contribution in [3.05, 3.63) is 59.2 Å². The topological polar surface area (TPSA) is 89.5 Å². The van der Waals surface area contributed by atoms with Crippen molar-refractivity contribution in [2.75, 3.05) is 38.2 Å². The van der Waals surface area contributed by atoms with E-state index in [0.29, 0.717) is 12.2 Å². The van der Waals surface area contributed by atoms with E-state index < -0.39 is 0 Å². The summed E-state index contributed by atoms with van der Waals surface area (Å²) in [5, 5.41) is 9.39. The average molecular weight is 482 g/mol. The molecular weight excluding hydrogens is 446 g/mol. The minimum absolute atomic E-state index is 0.0764. The number of benzene rings is 2. The molecule has 2 aromatic carbocycles. The average Bonchev–Trinajstić information content (AvgIpc) is 2.88. The predicted octanol–water partition coefficient (Wildman–Crippen LogP) is 4.28. The highest BCUT2D eigenvalue weighted by molar-refractivity contribution is 6.04. The van der Waals surface area contributed by atoms with Crippen LogP contribution in [0.5, 0.6) is 5.75 Å². The van der Waals surface area contributed by atoms with E-state index in [1.165, 1.54) is 12.5 Å². The number of nitrogens with zero attached hydrogens (tertiary/aromatic N) is 2. The number of fused-ring (bicyclic) bond motifs is 1. The molecule has 4 rings (SSSR count). The van der Waals surface area contributed by atoms with Crippen LogP contribution in [0.1, 0.15) is 55.1 Å². The van der Waals surface area contributed by atoms with E-state index in [9.17, 15) is 9.59 Å². The molecule has 1 fully saturated rings. The van der Waals surface area contributed by atoms with Crippen molar-refractivity contribution in [2.45, 2.75) is 46.1 Å². The number of hydrogen-bond donors (Lipinski definition) is 1. The number of aryl methyl sites for hydroxylation is 1. The van der Waals surface area contributed by atoms with Crippen LogP contribution in [0.4, 0.5) is 5.69 Å². The fourth-order valence-corrected chi connectivity index (χ4v) is 3.52. The van der Waals surface area contributed by atoms with Gasteiger partial charge in [0, 0.05) is 18.2 Å². The molecule has 0 saturated carbocycles. The first-order valence-corrected chi connectivity index (χ1v) is 12.2. The molecule has 188 valence electrons. The zero-order valence-electron chi connectivity index (χ0n) is 20.8. The van der Waals surface area contributed by atoms with Crippen LogP contribution in [0.3, 0.4) is 0 Å². The molecule has 1 atom stereocenters. The first kappa shape index (κ1) is 26.2. The molecule has 35 heavy (non-hydrogen) atoms. The van der Waals surface area contributed by atoms with Crippen molar-refractivity contribution in [1.29, 1.82) is 0 Å². The monoisotopic (exact) mass is 481 g/mol. The maximum Gasteiger partial charge on any atom is 0.302 e. The van der Waals surface area contributed by atoms with E-state index in [1.54, 1.807) is 0 Å². The van der Waals surface area contributed by atoms with Crippen molar-refractivity contribution in [3.63, 3.8) is 0 Å². The largest absolute Gasteiger partial charge is 0.493 e. The Hall–Kier alpha value is -3.39. The molecule has 1 amide bonds. The molecule has 1 unspecified atom stereocenters. The van der Waals surface area contributed by atoms with Gasteiger partial charge in [-0.2, -0.15) is 5.10 Å². The van der Waals surface area contributed by atoms with Crippen molar-refractivity contribution in [3.8, 4) is 5.75 Å². The highest BCUT2D eigenvalue weighted by atomic mass is 16.5. The zero-order chi connectivity index (χ0) is 25.0. The van der Waals surface area contributed by atoms with Crippen LogP contribution in [0.2, 0.25) is 0 Å². The van der Waals surface area contributed by atoms with Crippen LogP contribution in [-0.2, 0) is 20.7 Å². The third-order valence-electron chi connectivity index (χ3n) is 5.65.